The number of likely N-dealkylation sites (N-methyl/N-ethyl adjacent to an activating group) is 1. The topological polar surface area (TPSA) is 178 Å². The van der Waals surface area contributed by atoms with Crippen molar-refractivity contribution in [2.75, 3.05) is 27.3 Å². The third kappa shape index (κ3) is 8.76. The van der Waals surface area contributed by atoms with Crippen molar-refractivity contribution in [3.05, 3.63) is 35.9 Å². The fraction of sp³-hybridized carbons (Fsp3) is 0.750. The molecule has 4 aliphatic heterocycles. The lowest BCUT2D eigenvalue weighted by molar-refractivity contribution is -0.302. The van der Waals surface area contributed by atoms with Crippen molar-refractivity contribution < 1.29 is 53.4 Å². The number of hydrogen-bond acceptors (Lipinski definition) is 13. The van der Waals surface area contributed by atoms with Gasteiger partial charge in [0.15, 0.2) is 6.29 Å². The summed E-state index contributed by atoms with van der Waals surface area (Å²) in [7, 11) is 3.77. The van der Waals surface area contributed by atoms with E-state index in [0.29, 0.717) is 17.7 Å². The predicted molar refractivity (Wildman–Crippen MR) is 200 cm³/mol. The van der Waals surface area contributed by atoms with E-state index in [4.69, 9.17) is 33.5 Å². The fourth-order valence-corrected chi connectivity index (χ4v) is 8.77. The normalized spacial score (nSPS) is 43.9. The van der Waals surface area contributed by atoms with Crippen LogP contribution in [0.2, 0.25) is 0 Å². The smallest absolute Gasteiger partial charge is 0.311 e. The van der Waals surface area contributed by atoms with Gasteiger partial charge in [-0.05, 0) is 67.0 Å². The Morgan fingerprint density at radius 2 is 1.67 bits per heavy atom. The number of aliphatic hydroxyl groups excluding tert-OH is 2. The molecule has 0 saturated carbocycles. The van der Waals surface area contributed by atoms with Gasteiger partial charge in [0.25, 0.3) is 5.91 Å². The molecule has 0 unspecified atom stereocenters. The quantitative estimate of drug-likeness (QED) is 0.373. The van der Waals surface area contributed by atoms with Gasteiger partial charge < -0.3 is 48.7 Å². The first-order valence-electron chi connectivity index (χ1n) is 19.3. The summed E-state index contributed by atoms with van der Waals surface area (Å²) in [6.45, 7) is 13.9. The summed E-state index contributed by atoms with van der Waals surface area (Å²) < 4.78 is 32.5. The van der Waals surface area contributed by atoms with Crippen LogP contribution in [0.5, 0.6) is 0 Å². The van der Waals surface area contributed by atoms with E-state index in [9.17, 15) is 24.9 Å². The van der Waals surface area contributed by atoms with Crippen molar-refractivity contribution in [2.24, 2.45) is 33.8 Å². The third-order valence-corrected chi connectivity index (χ3v) is 11.9. The van der Waals surface area contributed by atoms with Gasteiger partial charge in [-0.3, -0.25) is 9.59 Å². The first kappa shape index (κ1) is 42.3. The van der Waals surface area contributed by atoms with Crippen LogP contribution in [0.4, 0.5) is 0 Å². The summed E-state index contributed by atoms with van der Waals surface area (Å²) in [5.41, 5.74) is -1.84. The van der Waals surface area contributed by atoms with Crippen molar-refractivity contribution in [1.82, 2.24) is 4.90 Å². The molecule has 3 fully saturated rings. The number of ether oxygens (including phenoxy) is 5. The second kappa shape index (κ2) is 17.1. The molecule has 4 heterocycles. The molecule has 4 bridgehead atoms. The SMILES string of the molecule is CC[C@H]1OC(=O)[C@H](C)[C@@H](O)[C@H](C)[C@@H](O[C@@H]2O[C@H](C)C[C@H](N(C)C)[C@H]2O)[C@@]2(C)C[C@@H](C)C3=NC(=O)[C@@H](c4ccccc4)O/N=C(\CO[C@@H]([C@@H]3C)[C@]1(C)O)CO2. The Bertz CT molecular complexity index is 1520. The Balaban J connectivity index is 1.72. The molecular formula is C40H61N3O11. The molecule has 0 aliphatic carbocycles. The molecule has 0 spiro atoms. The van der Waals surface area contributed by atoms with Crippen molar-refractivity contribution in [3.63, 3.8) is 0 Å². The maximum Gasteiger partial charge on any atom is 0.311 e. The number of rotatable bonds is 5. The molecule has 1 aromatic rings. The Morgan fingerprint density at radius 3 is 2.31 bits per heavy atom. The lowest BCUT2D eigenvalue weighted by atomic mass is 9.73. The molecule has 15 atom stereocenters. The van der Waals surface area contributed by atoms with Crippen LogP contribution in [0.1, 0.15) is 86.3 Å². The summed E-state index contributed by atoms with van der Waals surface area (Å²) in [5, 5.41) is 40.4. The summed E-state index contributed by atoms with van der Waals surface area (Å²) in [4.78, 5) is 40.7. The number of benzene rings is 1. The average molecular weight is 760 g/mol. The van der Waals surface area contributed by atoms with E-state index < -0.39 is 89.7 Å². The van der Waals surface area contributed by atoms with Crippen LogP contribution < -0.4 is 0 Å². The molecule has 1 aromatic carbocycles. The van der Waals surface area contributed by atoms with Gasteiger partial charge in [-0.25, -0.2) is 4.99 Å². The van der Waals surface area contributed by atoms with E-state index in [1.807, 2.05) is 52.8 Å². The number of aliphatic hydroxyl groups is 3. The zero-order valence-corrected chi connectivity index (χ0v) is 33.4. The molecule has 5 rings (SSSR count). The van der Waals surface area contributed by atoms with Gasteiger partial charge in [-0.15, -0.1) is 0 Å². The summed E-state index contributed by atoms with van der Waals surface area (Å²) >= 11 is 0. The molecule has 302 valence electrons. The Labute approximate surface area is 319 Å². The number of hydrogen-bond donors (Lipinski definition) is 3. The lowest BCUT2D eigenvalue weighted by Gasteiger charge is -2.48. The molecule has 54 heavy (non-hydrogen) atoms. The maximum atomic E-state index is 14.2. The van der Waals surface area contributed by atoms with Gasteiger partial charge in [0.2, 0.25) is 6.10 Å². The van der Waals surface area contributed by atoms with Crippen molar-refractivity contribution in [2.45, 2.75) is 141 Å². The van der Waals surface area contributed by atoms with Crippen LogP contribution in [0, 0.1) is 23.7 Å². The number of fused-ring (bicyclic) bond motifs is 4. The van der Waals surface area contributed by atoms with Gasteiger partial charge in [0, 0.05) is 29.2 Å². The van der Waals surface area contributed by atoms with E-state index in [0.717, 1.165) is 0 Å². The Kier molecular flexibility index (Phi) is 13.4. The first-order chi connectivity index (χ1) is 25.4. The van der Waals surface area contributed by atoms with Gasteiger partial charge >= 0.3 is 5.97 Å². The lowest BCUT2D eigenvalue weighted by Crippen LogP contribution is -2.60. The Hall–Kier alpha value is -2.82. The van der Waals surface area contributed by atoms with E-state index in [1.165, 1.54) is 0 Å². The number of nitrogens with zero attached hydrogens (tertiary/aromatic N) is 3. The van der Waals surface area contributed by atoms with Gasteiger partial charge in [0.05, 0.1) is 49.1 Å². The molecule has 4 aliphatic rings. The van der Waals surface area contributed by atoms with Crippen LogP contribution in [0.25, 0.3) is 0 Å². The molecule has 3 saturated heterocycles. The molecule has 14 heteroatoms. The van der Waals surface area contributed by atoms with E-state index in [1.54, 1.807) is 52.0 Å². The van der Waals surface area contributed by atoms with Crippen LogP contribution in [-0.2, 0) is 38.1 Å². The monoisotopic (exact) mass is 759 g/mol. The first-order valence-corrected chi connectivity index (χ1v) is 19.3. The minimum atomic E-state index is -1.79. The highest BCUT2D eigenvalue weighted by atomic mass is 16.7. The number of oxime groups is 1. The van der Waals surface area contributed by atoms with E-state index in [2.05, 4.69) is 5.16 Å². The third-order valence-electron chi connectivity index (χ3n) is 11.9. The number of aliphatic imine (C=N–C) groups is 1. The Morgan fingerprint density at radius 1 is 0.981 bits per heavy atom. The fourth-order valence-electron chi connectivity index (χ4n) is 8.77. The van der Waals surface area contributed by atoms with Crippen molar-refractivity contribution >= 4 is 23.3 Å². The zero-order chi connectivity index (χ0) is 39.7. The standard InChI is InChI=1S/C40H61N3O11/c1-11-29-40(8,48)35-23(4)30-21(2)18-39(7,50-20-27(19-49-35)42-54-33(36(46)41-30)26-15-13-12-14-16-26)34(24(5)31(44)25(6)37(47)52-29)53-38-32(45)28(43(9)10)17-22(3)51-38/h12-16,21-25,28-29,31-35,38,44-45,48H,11,17-20H2,1-10H3/b41-30?,42-27+/t21-,22-,23-,24+,25-,28+,29-,31+,32-,33-,34-,35+,38+,39-,40-/m1/s1. The highest BCUT2D eigenvalue weighted by Gasteiger charge is 2.53. The van der Waals surface area contributed by atoms with Crippen molar-refractivity contribution in [3.8, 4) is 0 Å². The van der Waals surface area contributed by atoms with E-state index in [-0.39, 0.29) is 43.9 Å². The zero-order valence-electron chi connectivity index (χ0n) is 33.4. The number of carbonyl (C=O) groups excluding carboxylic acids is 2. The van der Waals surface area contributed by atoms with Crippen molar-refractivity contribution in [1.29, 1.82) is 0 Å². The molecule has 0 aromatic heterocycles. The summed E-state index contributed by atoms with van der Waals surface area (Å²) in [6, 6.07) is 8.68. The van der Waals surface area contributed by atoms with Crippen LogP contribution in [0.3, 0.4) is 0 Å². The second-order valence-corrected chi connectivity index (χ2v) is 16.5. The van der Waals surface area contributed by atoms with Gasteiger partial charge in [-0.1, -0.05) is 63.2 Å². The minimum Gasteiger partial charge on any atom is -0.459 e. The summed E-state index contributed by atoms with van der Waals surface area (Å²) in [5.74, 6) is -4.36. The van der Waals surface area contributed by atoms with Gasteiger partial charge in [0.1, 0.15) is 23.5 Å². The highest BCUT2D eigenvalue weighted by molar-refractivity contribution is 6.00. The average Bonchev–Trinajstić information content (AvgIpc) is 3.16. The number of esters is 1. The second-order valence-electron chi connectivity index (χ2n) is 16.5. The number of amides is 1. The molecule has 14 nitrogen and oxygen atoms in total. The highest BCUT2D eigenvalue weighted by Crippen LogP contribution is 2.41. The van der Waals surface area contributed by atoms with Gasteiger partial charge in [-0.2, -0.15) is 0 Å². The van der Waals surface area contributed by atoms with Crippen LogP contribution in [0.15, 0.2) is 40.5 Å². The molecule has 0 radical (unpaired) electrons. The maximum absolute atomic E-state index is 14.2. The largest absolute Gasteiger partial charge is 0.459 e. The van der Waals surface area contributed by atoms with Crippen LogP contribution in [-0.4, -0.2) is 131 Å². The molecule has 1 amide bonds. The minimum absolute atomic E-state index is 0.149. The molecule has 3 N–H and O–H groups in total. The van der Waals surface area contributed by atoms with E-state index >= 15 is 0 Å². The van der Waals surface area contributed by atoms with Crippen LogP contribution >= 0.6 is 0 Å². The number of cyclic esters (lactones) is 1. The molecular weight excluding hydrogens is 698 g/mol. The summed E-state index contributed by atoms with van der Waals surface area (Å²) in [6.07, 6.45) is -7.03. The number of carbonyl (C=O) groups is 2. The predicted octanol–water partition coefficient (Wildman–Crippen LogP) is 3.45.